The second kappa shape index (κ2) is 2.82. The van der Waals surface area contributed by atoms with Gasteiger partial charge in [-0.3, -0.25) is 0 Å². The molecule has 0 fully saturated rings. The highest BCUT2D eigenvalue weighted by molar-refractivity contribution is 5.97. The fraction of sp³-hybridized carbons (Fsp3) is 0.400. The molecule has 3 N–H and O–H groups in total. The van der Waals surface area contributed by atoms with Gasteiger partial charge in [-0.15, -0.1) is 4.99 Å². The average molecular weight is 137 g/mol. The smallest absolute Gasteiger partial charge is 0.235 e. The van der Waals surface area contributed by atoms with Gasteiger partial charge in [0.05, 0.1) is 0 Å². The lowest BCUT2D eigenvalue weighted by atomic mass is 10.4. The number of nitrogens with two attached hydrogens (primary N) is 1. The van der Waals surface area contributed by atoms with Crippen LogP contribution in [0.25, 0.3) is 0 Å². The molecule has 5 nitrogen and oxygen atoms in total. The van der Waals surface area contributed by atoms with Gasteiger partial charge in [0.2, 0.25) is 12.2 Å². The van der Waals surface area contributed by atoms with Crippen molar-refractivity contribution in [1.82, 2.24) is 5.32 Å². The Balaban J connectivity index is 2.73. The lowest BCUT2D eigenvalue weighted by Crippen LogP contribution is -2.33. The topological polar surface area (TPSA) is 86.6 Å². The van der Waals surface area contributed by atoms with Crippen molar-refractivity contribution in [3.8, 4) is 6.19 Å². The van der Waals surface area contributed by atoms with Crippen LogP contribution >= 0.6 is 0 Å². The summed E-state index contributed by atoms with van der Waals surface area (Å²) in [5.41, 5.74) is 5.38. The zero-order valence-electron chi connectivity index (χ0n) is 5.33. The molecule has 1 aliphatic heterocycles. The Morgan fingerprint density at radius 3 is 3.20 bits per heavy atom. The highest BCUT2D eigenvalue weighted by atomic mass is 15.2. The van der Waals surface area contributed by atoms with Crippen LogP contribution in [0.3, 0.4) is 0 Å². The van der Waals surface area contributed by atoms with E-state index in [1.54, 1.807) is 6.19 Å². The molecule has 1 aliphatic rings. The van der Waals surface area contributed by atoms with E-state index < -0.39 is 0 Å². The maximum Gasteiger partial charge on any atom is 0.235 e. The highest BCUT2D eigenvalue weighted by Crippen LogP contribution is 1.88. The predicted octanol–water partition coefficient (Wildman–Crippen LogP) is -0.826. The van der Waals surface area contributed by atoms with Crippen molar-refractivity contribution in [3.05, 3.63) is 0 Å². The minimum atomic E-state index is 0.311. The molecule has 10 heavy (non-hydrogen) atoms. The number of amidine groups is 1. The van der Waals surface area contributed by atoms with Gasteiger partial charge in [0.25, 0.3) is 0 Å². The molecular formula is C5H7N5. The van der Waals surface area contributed by atoms with Gasteiger partial charge in [-0.05, 0) is 0 Å². The van der Waals surface area contributed by atoms with E-state index in [0.717, 1.165) is 0 Å². The van der Waals surface area contributed by atoms with Crippen LogP contribution in [0, 0.1) is 11.5 Å². The van der Waals surface area contributed by atoms with Crippen LogP contribution in [0.1, 0.15) is 6.42 Å². The van der Waals surface area contributed by atoms with Crippen molar-refractivity contribution in [2.75, 3.05) is 6.54 Å². The lowest BCUT2D eigenvalue weighted by Gasteiger charge is -2.09. The standard InChI is InChI=1S/C5H7N5/c6-3-9-5-8-2-1-4(7)10-5/h1-2H2,(H3,7,8,9,10). The Bertz CT molecular complexity index is 221. The third-order valence-electron chi connectivity index (χ3n) is 1.07. The first-order valence-corrected chi connectivity index (χ1v) is 2.86. The number of rotatable bonds is 0. The molecule has 0 bridgehead atoms. The summed E-state index contributed by atoms with van der Waals surface area (Å²) in [5.74, 6) is 0.832. The Labute approximate surface area is 58.3 Å². The Morgan fingerprint density at radius 2 is 2.60 bits per heavy atom. The molecule has 0 amide bonds. The molecule has 0 aromatic heterocycles. The summed E-state index contributed by atoms with van der Waals surface area (Å²) in [4.78, 5) is 7.16. The third kappa shape index (κ3) is 1.45. The van der Waals surface area contributed by atoms with Crippen molar-refractivity contribution in [1.29, 1.82) is 5.26 Å². The molecular weight excluding hydrogens is 130 g/mol. The molecule has 1 heterocycles. The van der Waals surface area contributed by atoms with Crippen LogP contribution in [0.2, 0.25) is 0 Å². The molecule has 0 aliphatic carbocycles. The summed E-state index contributed by atoms with van der Waals surface area (Å²) in [6.07, 6.45) is 2.33. The second-order valence-electron chi connectivity index (χ2n) is 1.82. The van der Waals surface area contributed by atoms with E-state index in [2.05, 4.69) is 15.3 Å². The number of guanidine groups is 1. The van der Waals surface area contributed by atoms with Crippen molar-refractivity contribution in [2.45, 2.75) is 6.42 Å². The molecule has 0 spiro atoms. The number of nitriles is 1. The van der Waals surface area contributed by atoms with Crippen molar-refractivity contribution < 1.29 is 0 Å². The van der Waals surface area contributed by atoms with Gasteiger partial charge in [-0.25, -0.2) is 0 Å². The molecule has 0 saturated carbocycles. The van der Waals surface area contributed by atoms with E-state index in [9.17, 15) is 0 Å². The van der Waals surface area contributed by atoms with E-state index in [1.165, 1.54) is 0 Å². The Hall–Kier alpha value is -1.57. The summed E-state index contributed by atoms with van der Waals surface area (Å²) in [6, 6.07) is 0. The van der Waals surface area contributed by atoms with Gasteiger partial charge >= 0.3 is 0 Å². The highest BCUT2D eigenvalue weighted by Gasteiger charge is 2.04. The monoisotopic (exact) mass is 137 g/mol. The van der Waals surface area contributed by atoms with E-state index in [4.69, 9.17) is 11.0 Å². The Kier molecular flexibility index (Phi) is 1.85. The molecule has 0 unspecified atom stereocenters. The fourth-order valence-electron chi connectivity index (χ4n) is 0.646. The number of nitrogens with one attached hydrogen (secondary N) is 1. The Morgan fingerprint density at radius 1 is 1.80 bits per heavy atom. The van der Waals surface area contributed by atoms with Crippen LogP contribution in [-0.2, 0) is 0 Å². The predicted molar refractivity (Wildman–Crippen MR) is 37.3 cm³/mol. The number of hydrogen-bond donors (Lipinski definition) is 2. The van der Waals surface area contributed by atoms with Crippen LogP contribution in [0.15, 0.2) is 9.98 Å². The molecule has 0 aromatic rings. The molecule has 52 valence electrons. The maximum atomic E-state index is 8.12. The molecule has 0 radical (unpaired) electrons. The zero-order chi connectivity index (χ0) is 7.40. The summed E-state index contributed by atoms with van der Waals surface area (Å²) in [6.45, 7) is 0.704. The van der Waals surface area contributed by atoms with E-state index in [0.29, 0.717) is 24.8 Å². The summed E-state index contributed by atoms with van der Waals surface area (Å²) in [5, 5.41) is 10.9. The van der Waals surface area contributed by atoms with Crippen LogP contribution < -0.4 is 11.1 Å². The first-order chi connectivity index (χ1) is 4.83. The lowest BCUT2D eigenvalue weighted by molar-refractivity contribution is 0.872. The van der Waals surface area contributed by atoms with E-state index in [-0.39, 0.29) is 0 Å². The van der Waals surface area contributed by atoms with Gasteiger partial charge in [-0.1, -0.05) is 0 Å². The molecule has 0 saturated heterocycles. The largest absolute Gasteiger partial charge is 0.387 e. The van der Waals surface area contributed by atoms with Crippen LogP contribution in [-0.4, -0.2) is 18.3 Å². The van der Waals surface area contributed by atoms with Crippen molar-refractivity contribution >= 4 is 11.8 Å². The summed E-state index contributed by atoms with van der Waals surface area (Å²) >= 11 is 0. The molecule has 5 heteroatoms. The quantitative estimate of drug-likeness (QED) is 0.427. The van der Waals surface area contributed by atoms with Gasteiger partial charge in [0, 0.05) is 13.0 Å². The number of aliphatic imine (C=N–C) groups is 2. The van der Waals surface area contributed by atoms with Crippen LogP contribution in [0.5, 0.6) is 0 Å². The van der Waals surface area contributed by atoms with Crippen LogP contribution in [0.4, 0.5) is 0 Å². The van der Waals surface area contributed by atoms with Crippen molar-refractivity contribution in [3.63, 3.8) is 0 Å². The fourth-order valence-corrected chi connectivity index (χ4v) is 0.646. The van der Waals surface area contributed by atoms with Crippen molar-refractivity contribution in [2.24, 2.45) is 15.7 Å². The van der Waals surface area contributed by atoms with E-state index >= 15 is 0 Å². The van der Waals surface area contributed by atoms with E-state index in [1.807, 2.05) is 0 Å². The first kappa shape index (κ1) is 6.55. The normalized spacial score (nSPS) is 21.1. The average Bonchev–Trinajstić information content (AvgIpc) is 1.88. The number of nitrogens with zero attached hydrogens (tertiary/aromatic N) is 3. The minimum Gasteiger partial charge on any atom is -0.387 e. The van der Waals surface area contributed by atoms with Gasteiger partial charge in [-0.2, -0.15) is 10.3 Å². The second-order valence-corrected chi connectivity index (χ2v) is 1.82. The van der Waals surface area contributed by atoms with Gasteiger partial charge in [0.15, 0.2) is 0 Å². The summed E-state index contributed by atoms with van der Waals surface area (Å²) in [7, 11) is 0. The van der Waals surface area contributed by atoms with Gasteiger partial charge < -0.3 is 11.1 Å². The molecule has 1 rings (SSSR count). The first-order valence-electron chi connectivity index (χ1n) is 2.86. The van der Waals surface area contributed by atoms with Gasteiger partial charge in [0.1, 0.15) is 5.84 Å². The SMILES string of the molecule is N#CN=C1N=C(N)CCN1. The molecule has 0 atom stereocenters. The third-order valence-corrected chi connectivity index (χ3v) is 1.07. The maximum absolute atomic E-state index is 8.12. The number of hydrogen-bond acceptors (Lipinski definition) is 3. The zero-order valence-corrected chi connectivity index (χ0v) is 5.33. The molecule has 0 aromatic carbocycles. The summed E-state index contributed by atoms with van der Waals surface area (Å²) < 4.78 is 0. The minimum absolute atomic E-state index is 0.311.